The van der Waals surface area contributed by atoms with Gasteiger partial charge in [0.1, 0.15) is 0 Å². The molecule has 3 rings (SSSR count). The maximum absolute atomic E-state index is 13.3. The quantitative estimate of drug-likeness (QED) is 0.867. The number of rotatable bonds is 3. The van der Waals surface area contributed by atoms with Crippen LogP contribution >= 0.6 is 0 Å². The molecule has 2 aliphatic rings. The first-order valence-electron chi connectivity index (χ1n) is 8.36. The van der Waals surface area contributed by atoms with Crippen LogP contribution in [0, 0.1) is 0 Å². The Hall–Kier alpha value is -1.92. The van der Waals surface area contributed by atoms with Crippen LogP contribution in [0.4, 0.5) is 0 Å². The molecule has 2 aliphatic heterocycles. The van der Waals surface area contributed by atoms with Crippen LogP contribution < -0.4 is 0 Å². The van der Waals surface area contributed by atoms with E-state index < -0.39 is 17.0 Å². The van der Waals surface area contributed by atoms with E-state index in [1.54, 1.807) is 4.90 Å². The maximum Gasteiger partial charge on any atom is 0.335 e. The average molecular weight is 333 g/mol. The van der Waals surface area contributed by atoms with Crippen LogP contribution in [0.3, 0.4) is 0 Å². The Bertz CT molecular complexity index is 601. The third-order valence-corrected chi connectivity index (χ3v) is 5.36. The Kier molecular flexibility index (Phi) is 4.60. The second-order valence-electron chi connectivity index (χ2n) is 6.69. The van der Waals surface area contributed by atoms with Gasteiger partial charge >= 0.3 is 5.97 Å². The number of nitrogens with zero attached hydrogens (tertiary/aromatic N) is 1. The zero-order valence-corrected chi connectivity index (χ0v) is 13.6. The number of piperidine rings is 1. The molecule has 2 N–H and O–H groups in total. The number of aliphatic hydroxyl groups is 1. The van der Waals surface area contributed by atoms with E-state index in [-0.39, 0.29) is 31.8 Å². The molecule has 6 heteroatoms. The smallest absolute Gasteiger partial charge is 0.335 e. The van der Waals surface area contributed by atoms with Gasteiger partial charge in [-0.05, 0) is 18.4 Å². The molecule has 6 nitrogen and oxygen atoms in total. The molecule has 1 aromatic carbocycles. The molecular weight excluding hydrogens is 310 g/mol. The minimum atomic E-state index is -1.72. The molecular formula is C18H23NO5. The van der Waals surface area contributed by atoms with Gasteiger partial charge in [-0.2, -0.15) is 0 Å². The van der Waals surface area contributed by atoms with Crippen LogP contribution in [0.15, 0.2) is 30.3 Å². The lowest BCUT2D eigenvalue weighted by atomic mass is 9.72. The van der Waals surface area contributed by atoms with Gasteiger partial charge in [0.05, 0.1) is 5.41 Å². The van der Waals surface area contributed by atoms with E-state index in [1.165, 1.54) is 0 Å². The molecule has 0 aromatic heterocycles. The highest BCUT2D eigenvalue weighted by Gasteiger charge is 2.47. The molecule has 0 saturated carbocycles. The van der Waals surface area contributed by atoms with E-state index >= 15 is 0 Å². The van der Waals surface area contributed by atoms with Crippen LogP contribution in [0.25, 0.3) is 0 Å². The number of aliphatic carboxylic acids is 1. The number of amides is 1. The summed E-state index contributed by atoms with van der Waals surface area (Å²) in [7, 11) is 0. The zero-order chi connectivity index (χ0) is 17.2. The summed E-state index contributed by atoms with van der Waals surface area (Å²) in [5.41, 5.74) is -1.35. The van der Waals surface area contributed by atoms with Crippen molar-refractivity contribution < 1.29 is 24.5 Å². The number of carbonyl (C=O) groups is 2. The van der Waals surface area contributed by atoms with Gasteiger partial charge in [-0.15, -0.1) is 0 Å². The first-order chi connectivity index (χ1) is 11.5. The van der Waals surface area contributed by atoms with Crippen molar-refractivity contribution in [2.24, 2.45) is 0 Å². The van der Waals surface area contributed by atoms with Crippen LogP contribution in [-0.4, -0.2) is 58.9 Å². The van der Waals surface area contributed by atoms with E-state index in [2.05, 4.69) is 0 Å². The predicted octanol–water partition coefficient (Wildman–Crippen LogP) is 1.17. The van der Waals surface area contributed by atoms with Crippen LogP contribution in [-0.2, 0) is 19.7 Å². The van der Waals surface area contributed by atoms with Gasteiger partial charge in [-0.3, -0.25) is 4.79 Å². The number of hydrogen-bond acceptors (Lipinski definition) is 4. The molecule has 0 bridgehead atoms. The highest BCUT2D eigenvalue weighted by molar-refractivity contribution is 5.89. The van der Waals surface area contributed by atoms with Gasteiger partial charge in [-0.1, -0.05) is 30.3 Å². The fraction of sp³-hybridized carbons (Fsp3) is 0.556. The van der Waals surface area contributed by atoms with E-state index in [1.807, 2.05) is 30.3 Å². The molecule has 0 spiro atoms. The van der Waals surface area contributed by atoms with Gasteiger partial charge in [-0.25, -0.2) is 4.79 Å². The molecule has 0 aliphatic carbocycles. The minimum absolute atomic E-state index is 0.0180. The van der Waals surface area contributed by atoms with E-state index in [4.69, 9.17) is 9.84 Å². The van der Waals surface area contributed by atoms with Crippen molar-refractivity contribution in [2.75, 3.05) is 26.3 Å². The largest absolute Gasteiger partial charge is 0.479 e. The topological polar surface area (TPSA) is 87.1 Å². The van der Waals surface area contributed by atoms with Crippen molar-refractivity contribution in [3.05, 3.63) is 35.9 Å². The normalized spacial score (nSPS) is 22.8. The summed E-state index contributed by atoms with van der Waals surface area (Å²) in [4.78, 5) is 26.2. The van der Waals surface area contributed by atoms with E-state index in [0.29, 0.717) is 26.1 Å². The standard InChI is InChI=1S/C18H23NO5/c20-15(19-10-6-18(23,7-11-19)16(21)22)17(8-12-24-13-9-17)14-4-2-1-3-5-14/h1-5,23H,6-13H2,(H,21,22). The number of benzene rings is 1. The number of carboxylic acids is 1. The first-order valence-corrected chi connectivity index (χ1v) is 8.36. The third kappa shape index (κ3) is 2.91. The monoisotopic (exact) mass is 333 g/mol. The minimum Gasteiger partial charge on any atom is -0.479 e. The van der Waals surface area contributed by atoms with Gasteiger partial charge in [0.2, 0.25) is 5.91 Å². The van der Waals surface area contributed by atoms with Crippen LogP contribution in [0.2, 0.25) is 0 Å². The van der Waals surface area contributed by atoms with Gasteiger partial charge in [0.15, 0.2) is 5.60 Å². The fourth-order valence-electron chi connectivity index (χ4n) is 3.70. The second-order valence-corrected chi connectivity index (χ2v) is 6.69. The highest BCUT2D eigenvalue weighted by Crippen LogP contribution is 2.38. The van der Waals surface area contributed by atoms with Gasteiger partial charge in [0.25, 0.3) is 0 Å². The van der Waals surface area contributed by atoms with Crippen molar-refractivity contribution in [1.29, 1.82) is 0 Å². The van der Waals surface area contributed by atoms with Crippen LogP contribution in [0.5, 0.6) is 0 Å². The summed E-state index contributed by atoms with van der Waals surface area (Å²) in [6.07, 6.45) is 1.37. The Labute approximate surface area is 141 Å². The van der Waals surface area contributed by atoms with E-state index in [0.717, 1.165) is 5.56 Å². The van der Waals surface area contributed by atoms with Crippen molar-refractivity contribution in [3.8, 4) is 0 Å². The second kappa shape index (κ2) is 6.53. The Morgan fingerprint density at radius 1 is 1.00 bits per heavy atom. The highest BCUT2D eigenvalue weighted by atomic mass is 16.5. The van der Waals surface area contributed by atoms with Crippen molar-refractivity contribution in [3.63, 3.8) is 0 Å². The molecule has 1 aromatic rings. The number of hydrogen-bond donors (Lipinski definition) is 2. The first kappa shape index (κ1) is 16.9. The summed E-state index contributed by atoms with van der Waals surface area (Å²) in [6.45, 7) is 1.59. The van der Waals surface area contributed by atoms with Gasteiger partial charge < -0.3 is 19.8 Å². The van der Waals surface area contributed by atoms with E-state index in [9.17, 15) is 14.7 Å². The number of ether oxygens (including phenoxy) is 1. The molecule has 24 heavy (non-hydrogen) atoms. The van der Waals surface area contributed by atoms with Crippen molar-refractivity contribution in [1.82, 2.24) is 4.90 Å². The van der Waals surface area contributed by atoms with Crippen molar-refractivity contribution in [2.45, 2.75) is 36.7 Å². The fourth-order valence-corrected chi connectivity index (χ4v) is 3.70. The number of likely N-dealkylation sites (tertiary alicyclic amines) is 1. The third-order valence-electron chi connectivity index (χ3n) is 5.36. The molecule has 0 atom stereocenters. The molecule has 1 amide bonds. The Morgan fingerprint density at radius 2 is 1.58 bits per heavy atom. The van der Waals surface area contributed by atoms with Gasteiger partial charge in [0, 0.05) is 39.1 Å². The maximum atomic E-state index is 13.3. The van der Waals surface area contributed by atoms with Crippen LogP contribution in [0.1, 0.15) is 31.2 Å². The molecule has 2 fully saturated rings. The number of carboxylic acid groups (broad SMARTS) is 1. The lowest BCUT2D eigenvalue weighted by Crippen LogP contribution is -2.56. The summed E-state index contributed by atoms with van der Waals surface area (Å²) in [5, 5.41) is 19.2. The Morgan fingerprint density at radius 3 is 2.12 bits per heavy atom. The summed E-state index contributed by atoms with van der Waals surface area (Å²) >= 11 is 0. The molecule has 0 radical (unpaired) electrons. The predicted molar refractivity (Wildman–Crippen MR) is 86.6 cm³/mol. The molecule has 2 heterocycles. The summed E-state index contributed by atoms with van der Waals surface area (Å²) in [6, 6.07) is 9.73. The number of carbonyl (C=O) groups excluding carboxylic acids is 1. The zero-order valence-electron chi connectivity index (χ0n) is 13.6. The lowest BCUT2D eigenvalue weighted by molar-refractivity contribution is -0.166. The Balaban J connectivity index is 1.82. The SMILES string of the molecule is O=C(O)C1(O)CCN(C(=O)C2(c3ccccc3)CCOCC2)CC1. The average Bonchev–Trinajstić information content (AvgIpc) is 2.63. The lowest BCUT2D eigenvalue weighted by Gasteiger charge is -2.43. The summed E-state index contributed by atoms with van der Waals surface area (Å²) in [5.74, 6) is -1.19. The molecule has 130 valence electrons. The molecule has 0 unspecified atom stereocenters. The summed E-state index contributed by atoms with van der Waals surface area (Å²) < 4.78 is 5.46. The molecule has 2 saturated heterocycles. The van der Waals surface area contributed by atoms with Crippen molar-refractivity contribution >= 4 is 11.9 Å².